The Morgan fingerprint density at radius 1 is 1.25 bits per heavy atom. The highest BCUT2D eigenvalue weighted by atomic mass is 19.1. The van der Waals surface area contributed by atoms with Crippen molar-refractivity contribution in [3.63, 3.8) is 0 Å². The third kappa shape index (κ3) is 2.55. The van der Waals surface area contributed by atoms with Gasteiger partial charge in [0, 0.05) is 6.07 Å². The summed E-state index contributed by atoms with van der Waals surface area (Å²) in [6.07, 6.45) is 0. The van der Waals surface area contributed by atoms with Crippen molar-refractivity contribution in [1.29, 1.82) is 0 Å². The number of halogens is 2. The van der Waals surface area contributed by atoms with Gasteiger partial charge in [0.1, 0.15) is 23.0 Å². The molecule has 1 atom stereocenters. The SMILES string of the molecule is COC(=O)c1ccc(C(C)(O)c2cc(F)cc(F)c2)o1. The molecule has 6 heteroatoms. The number of hydrogen-bond acceptors (Lipinski definition) is 4. The predicted molar refractivity (Wildman–Crippen MR) is 65.1 cm³/mol. The molecule has 0 aliphatic heterocycles. The summed E-state index contributed by atoms with van der Waals surface area (Å²) in [5.74, 6) is -2.49. The van der Waals surface area contributed by atoms with Gasteiger partial charge < -0.3 is 14.3 Å². The lowest BCUT2D eigenvalue weighted by atomic mass is 9.93. The molecule has 0 aliphatic carbocycles. The van der Waals surface area contributed by atoms with Crippen LogP contribution in [-0.4, -0.2) is 18.2 Å². The minimum Gasteiger partial charge on any atom is -0.463 e. The van der Waals surface area contributed by atoms with Gasteiger partial charge >= 0.3 is 5.97 Å². The maximum absolute atomic E-state index is 13.2. The first-order chi connectivity index (χ1) is 9.34. The lowest BCUT2D eigenvalue weighted by molar-refractivity contribution is 0.0521. The van der Waals surface area contributed by atoms with Gasteiger partial charge in [-0.1, -0.05) is 0 Å². The molecule has 0 aliphatic rings. The molecular weight excluding hydrogens is 270 g/mol. The molecule has 1 aromatic carbocycles. The lowest BCUT2D eigenvalue weighted by Gasteiger charge is -2.21. The molecule has 1 unspecified atom stereocenters. The van der Waals surface area contributed by atoms with Crippen molar-refractivity contribution in [2.75, 3.05) is 7.11 Å². The second-order valence-electron chi connectivity index (χ2n) is 4.39. The molecule has 0 bridgehead atoms. The number of ether oxygens (including phenoxy) is 1. The first kappa shape index (κ1) is 14.2. The summed E-state index contributed by atoms with van der Waals surface area (Å²) in [5, 5.41) is 10.4. The summed E-state index contributed by atoms with van der Waals surface area (Å²) >= 11 is 0. The number of esters is 1. The summed E-state index contributed by atoms with van der Waals surface area (Å²) in [6, 6.07) is 5.33. The molecule has 1 aromatic heterocycles. The number of carbonyl (C=O) groups is 1. The van der Waals surface area contributed by atoms with E-state index >= 15 is 0 Å². The highest BCUT2D eigenvalue weighted by Gasteiger charge is 2.31. The molecule has 0 saturated heterocycles. The molecule has 0 fully saturated rings. The molecule has 4 nitrogen and oxygen atoms in total. The maximum atomic E-state index is 13.2. The average molecular weight is 282 g/mol. The third-order valence-corrected chi connectivity index (χ3v) is 2.90. The van der Waals surface area contributed by atoms with E-state index in [1.54, 1.807) is 0 Å². The van der Waals surface area contributed by atoms with Crippen molar-refractivity contribution in [2.45, 2.75) is 12.5 Å². The zero-order valence-electron chi connectivity index (χ0n) is 10.8. The van der Waals surface area contributed by atoms with Crippen LogP contribution in [0.5, 0.6) is 0 Å². The van der Waals surface area contributed by atoms with Crippen molar-refractivity contribution in [1.82, 2.24) is 0 Å². The van der Waals surface area contributed by atoms with E-state index in [-0.39, 0.29) is 17.1 Å². The van der Waals surface area contributed by atoms with E-state index in [4.69, 9.17) is 4.42 Å². The fourth-order valence-corrected chi connectivity index (χ4v) is 1.79. The molecule has 2 rings (SSSR count). The van der Waals surface area contributed by atoms with Gasteiger partial charge in [0.2, 0.25) is 5.76 Å². The van der Waals surface area contributed by atoms with Gasteiger partial charge in [-0.25, -0.2) is 13.6 Å². The Labute approximate surface area is 113 Å². The smallest absolute Gasteiger partial charge is 0.373 e. The fraction of sp³-hybridized carbons (Fsp3) is 0.214. The van der Waals surface area contributed by atoms with Crippen LogP contribution in [0.1, 0.15) is 28.8 Å². The van der Waals surface area contributed by atoms with Gasteiger partial charge in [0.25, 0.3) is 0 Å². The quantitative estimate of drug-likeness (QED) is 0.879. The van der Waals surface area contributed by atoms with E-state index in [9.17, 15) is 18.7 Å². The van der Waals surface area contributed by atoms with Crippen LogP contribution >= 0.6 is 0 Å². The second kappa shape index (κ2) is 5.05. The van der Waals surface area contributed by atoms with Crippen LogP contribution < -0.4 is 0 Å². The number of aliphatic hydroxyl groups is 1. The lowest BCUT2D eigenvalue weighted by Crippen LogP contribution is -2.22. The molecule has 1 N–H and O–H groups in total. The molecule has 20 heavy (non-hydrogen) atoms. The van der Waals surface area contributed by atoms with Crippen molar-refractivity contribution in [3.05, 3.63) is 59.1 Å². The standard InChI is InChI=1S/C14H12F2O4/c1-14(18,8-5-9(15)7-10(16)6-8)12-4-3-11(20-12)13(17)19-2/h3-7,18H,1-2H3. The monoisotopic (exact) mass is 282 g/mol. The van der Waals surface area contributed by atoms with E-state index in [0.717, 1.165) is 12.1 Å². The second-order valence-corrected chi connectivity index (χ2v) is 4.39. The Kier molecular flexibility index (Phi) is 3.59. The summed E-state index contributed by atoms with van der Waals surface area (Å²) < 4.78 is 36.1. The first-order valence-electron chi connectivity index (χ1n) is 5.72. The molecular formula is C14H12F2O4. The summed E-state index contributed by atoms with van der Waals surface area (Å²) in [7, 11) is 1.19. The van der Waals surface area contributed by atoms with Crippen LogP contribution in [0.4, 0.5) is 8.78 Å². The van der Waals surface area contributed by atoms with Crippen LogP contribution in [0.3, 0.4) is 0 Å². The van der Waals surface area contributed by atoms with Gasteiger partial charge in [-0.15, -0.1) is 0 Å². The highest BCUT2D eigenvalue weighted by Crippen LogP contribution is 2.31. The average Bonchev–Trinajstić information content (AvgIpc) is 2.86. The van der Waals surface area contributed by atoms with E-state index in [1.807, 2.05) is 0 Å². The Bertz CT molecular complexity index is 626. The van der Waals surface area contributed by atoms with Crippen LogP contribution in [0.25, 0.3) is 0 Å². The normalized spacial score (nSPS) is 13.8. The Hall–Kier alpha value is -2.21. The number of benzene rings is 1. The molecule has 0 saturated carbocycles. The van der Waals surface area contributed by atoms with E-state index in [2.05, 4.69) is 4.74 Å². The van der Waals surface area contributed by atoms with Gasteiger partial charge in [-0.3, -0.25) is 0 Å². The number of methoxy groups -OCH3 is 1. The molecule has 0 amide bonds. The Morgan fingerprint density at radius 3 is 2.40 bits per heavy atom. The number of carbonyl (C=O) groups excluding carboxylic acids is 1. The zero-order valence-corrected chi connectivity index (χ0v) is 10.8. The van der Waals surface area contributed by atoms with Crippen LogP contribution in [0.15, 0.2) is 34.7 Å². The maximum Gasteiger partial charge on any atom is 0.373 e. The third-order valence-electron chi connectivity index (χ3n) is 2.90. The first-order valence-corrected chi connectivity index (χ1v) is 5.72. The zero-order chi connectivity index (χ0) is 14.9. The molecule has 1 heterocycles. The van der Waals surface area contributed by atoms with E-state index in [0.29, 0.717) is 6.07 Å². The molecule has 2 aromatic rings. The van der Waals surface area contributed by atoms with Crippen molar-refractivity contribution in [2.24, 2.45) is 0 Å². The molecule has 0 radical (unpaired) electrons. The fourth-order valence-electron chi connectivity index (χ4n) is 1.79. The van der Waals surface area contributed by atoms with Crippen LogP contribution in [0.2, 0.25) is 0 Å². The van der Waals surface area contributed by atoms with Crippen molar-refractivity contribution in [3.8, 4) is 0 Å². The molecule has 0 spiro atoms. The Morgan fingerprint density at radius 2 is 1.85 bits per heavy atom. The van der Waals surface area contributed by atoms with Crippen molar-refractivity contribution >= 4 is 5.97 Å². The highest BCUT2D eigenvalue weighted by molar-refractivity contribution is 5.86. The number of rotatable bonds is 3. The number of hydrogen-bond donors (Lipinski definition) is 1. The summed E-state index contributed by atoms with van der Waals surface area (Å²) in [4.78, 5) is 11.3. The van der Waals surface area contributed by atoms with Crippen molar-refractivity contribution < 1.29 is 27.8 Å². The largest absolute Gasteiger partial charge is 0.463 e. The summed E-state index contributed by atoms with van der Waals surface area (Å²) in [5.41, 5.74) is -1.81. The van der Waals surface area contributed by atoms with Crippen LogP contribution in [-0.2, 0) is 10.3 Å². The Balaban J connectivity index is 2.43. The minimum absolute atomic E-state index is 0.0251. The van der Waals surface area contributed by atoms with Crippen LogP contribution in [0, 0.1) is 11.6 Å². The predicted octanol–water partition coefficient (Wildman–Crippen LogP) is 2.60. The summed E-state index contributed by atoms with van der Waals surface area (Å²) in [6.45, 7) is 1.31. The minimum atomic E-state index is -1.78. The topological polar surface area (TPSA) is 59.7 Å². The van der Waals surface area contributed by atoms with Gasteiger partial charge in [-0.2, -0.15) is 0 Å². The van der Waals surface area contributed by atoms with Gasteiger partial charge in [-0.05, 0) is 36.8 Å². The molecule has 106 valence electrons. The van der Waals surface area contributed by atoms with E-state index in [1.165, 1.54) is 26.2 Å². The van der Waals surface area contributed by atoms with Gasteiger partial charge in [0.15, 0.2) is 0 Å². The number of furan rings is 1. The van der Waals surface area contributed by atoms with Gasteiger partial charge in [0.05, 0.1) is 7.11 Å². The van der Waals surface area contributed by atoms with E-state index < -0.39 is 23.2 Å².